The number of pyridine rings is 2. The number of rotatable bonds is 4. The van der Waals surface area contributed by atoms with E-state index >= 15 is 0 Å². The quantitative estimate of drug-likeness (QED) is 0.485. The maximum Gasteiger partial charge on any atom is 0.254 e. The van der Waals surface area contributed by atoms with Crippen molar-refractivity contribution in [3.8, 4) is 6.07 Å². The van der Waals surface area contributed by atoms with Crippen molar-refractivity contribution in [1.29, 1.82) is 5.26 Å². The number of nitrogens with zero attached hydrogens (tertiary/aromatic N) is 7. The minimum absolute atomic E-state index is 0.135. The predicted molar refractivity (Wildman–Crippen MR) is 125 cm³/mol. The number of carbonyl (C=O) groups is 1. The third kappa shape index (κ3) is 3.66. The van der Waals surface area contributed by atoms with Crippen LogP contribution >= 0.6 is 0 Å². The molecule has 1 atom stereocenters. The van der Waals surface area contributed by atoms with Gasteiger partial charge in [-0.05, 0) is 48.7 Å². The lowest BCUT2D eigenvalue weighted by atomic mass is 10.0. The second kappa shape index (κ2) is 8.45. The Morgan fingerprint density at radius 1 is 1.23 bits per heavy atom. The van der Waals surface area contributed by atoms with Crippen LogP contribution in [0.2, 0.25) is 0 Å². The summed E-state index contributed by atoms with van der Waals surface area (Å²) in [4.78, 5) is 29.2. The Labute approximate surface area is 201 Å². The number of nitrogen functional groups attached to an aromatic ring is 1. The Balaban J connectivity index is 1.42. The topological polar surface area (TPSA) is 136 Å². The lowest BCUT2D eigenvalue weighted by Gasteiger charge is -2.33. The summed E-state index contributed by atoms with van der Waals surface area (Å²) in [6.45, 7) is 1.93. The molecular formula is C25H22N8O2. The third-order valence-corrected chi connectivity index (χ3v) is 6.69. The Morgan fingerprint density at radius 2 is 2.11 bits per heavy atom. The Morgan fingerprint density at radius 3 is 2.94 bits per heavy atom. The van der Waals surface area contributed by atoms with E-state index in [0.717, 1.165) is 47.2 Å². The van der Waals surface area contributed by atoms with Gasteiger partial charge in [0.05, 0.1) is 42.6 Å². The summed E-state index contributed by atoms with van der Waals surface area (Å²) < 4.78 is 7.47. The van der Waals surface area contributed by atoms with Crippen molar-refractivity contribution < 1.29 is 9.53 Å². The van der Waals surface area contributed by atoms with Crippen molar-refractivity contribution >= 4 is 22.6 Å². The second-order valence-electron chi connectivity index (χ2n) is 8.76. The normalized spacial score (nSPS) is 16.5. The van der Waals surface area contributed by atoms with E-state index in [1.54, 1.807) is 23.1 Å². The van der Waals surface area contributed by atoms with Gasteiger partial charge in [0.1, 0.15) is 24.0 Å². The first kappa shape index (κ1) is 21.2. The maximum absolute atomic E-state index is 14.0. The summed E-state index contributed by atoms with van der Waals surface area (Å²) in [6.07, 6.45) is 4.72. The molecule has 0 saturated carbocycles. The van der Waals surface area contributed by atoms with Crippen LogP contribution in [0.5, 0.6) is 0 Å². The van der Waals surface area contributed by atoms with Gasteiger partial charge in [-0.3, -0.25) is 9.78 Å². The van der Waals surface area contributed by atoms with Gasteiger partial charge in [-0.25, -0.2) is 14.6 Å². The molecule has 10 heteroatoms. The summed E-state index contributed by atoms with van der Waals surface area (Å²) in [7, 11) is 0. The molecule has 35 heavy (non-hydrogen) atoms. The predicted octanol–water partition coefficient (Wildman–Crippen LogP) is 2.88. The lowest BCUT2D eigenvalue weighted by molar-refractivity contribution is 0.0608. The van der Waals surface area contributed by atoms with Crippen molar-refractivity contribution in [1.82, 2.24) is 29.6 Å². The zero-order chi connectivity index (χ0) is 23.9. The average Bonchev–Trinajstić information content (AvgIpc) is 3.58. The van der Waals surface area contributed by atoms with E-state index < -0.39 is 0 Å². The van der Waals surface area contributed by atoms with Crippen molar-refractivity contribution in [2.24, 2.45) is 0 Å². The number of nitrogens with two attached hydrogens (primary N) is 1. The molecule has 4 aromatic rings. The number of anilines is 1. The van der Waals surface area contributed by atoms with Gasteiger partial charge in [-0.15, -0.1) is 0 Å². The number of benzene rings is 1. The van der Waals surface area contributed by atoms with Crippen molar-refractivity contribution in [2.75, 3.05) is 5.73 Å². The monoisotopic (exact) mass is 466 g/mol. The van der Waals surface area contributed by atoms with Gasteiger partial charge in [0.25, 0.3) is 5.91 Å². The van der Waals surface area contributed by atoms with Gasteiger partial charge in [-0.1, -0.05) is 0 Å². The van der Waals surface area contributed by atoms with E-state index in [2.05, 4.69) is 26.1 Å². The number of nitriles is 1. The molecule has 0 bridgehead atoms. The smallest absolute Gasteiger partial charge is 0.254 e. The number of ether oxygens (including phenoxy) is 1. The lowest BCUT2D eigenvalue weighted by Crippen LogP contribution is -2.38. The number of hydrogen-bond acceptors (Lipinski definition) is 8. The van der Waals surface area contributed by atoms with Crippen molar-refractivity contribution in [2.45, 2.75) is 45.2 Å². The van der Waals surface area contributed by atoms with Crippen LogP contribution in [0.3, 0.4) is 0 Å². The molecule has 1 amide bonds. The zero-order valence-electron chi connectivity index (χ0n) is 18.9. The molecule has 0 fully saturated rings. The molecule has 0 saturated heterocycles. The van der Waals surface area contributed by atoms with Crippen LogP contribution in [0.15, 0.2) is 42.9 Å². The minimum Gasteiger partial charge on any atom is -0.383 e. The largest absolute Gasteiger partial charge is 0.383 e. The molecule has 0 spiro atoms. The Kier molecular flexibility index (Phi) is 5.12. The molecular weight excluding hydrogens is 444 g/mol. The van der Waals surface area contributed by atoms with E-state index in [1.807, 2.05) is 16.8 Å². The summed E-state index contributed by atoms with van der Waals surface area (Å²) >= 11 is 0. The van der Waals surface area contributed by atoms with Crippen LogP contribution in [-0.4, -0.2) is 35.5 Å². The molecule has 2 aliphatic rings. The molecule has 0 unspecified atom stereocenters. The highest BCUT2D eigenvalue weighted by Gasteiger charge is 2.33. The standard InChI is InChI=1S/C25H22N8O2/c26-9-15-3-5-17(28-10-15)11-32(22-2-1-7-33-24(22)29-14-30-33)25(34)16-4-6-21-18(8-16)19-12-35-13-20(19)23(27)31-21/h3-6,8,10,14,22H,1-2,7,11-13H2,(H2,27,31)/t22-/m1/s1. The Hall–Kier alpha value is -4.36. The fraction of sp³-hybridized carbons (Fsp3) is 0.280. The molecule has 0 radical (unpaired) electrons. The number of carbonyl (C=O) groups excluding carboxylic acids is 1. The first-order valence-corrected chi connectivity index (χ1v) is 11.4. The van der Waals surface area contributed by atoms with Gasteiger partial charge in [0.2, 0.25) is 0 Å². The molecule has 5 heterocycles. The van der Waals surface area contributed by atoms with E-state index in [0.29, 0.717) is 35.9 Å². The molecule has 3 aromatic heterocycles. The van der Waals surface area contributed by atoms with E-state index in [-0.39, 0.29) is 18.5 Å². The maximum atomic E-state index is 14.0. The Bertz CT molecular complexity index is 1490. The van der Waals surface area contributed by atoms with Crippen LogP contribution in [-0.2, 0) is 31.0 Å². The van der Waals surface area contributed by atoms with Gasteiger partial charge in [0.15, 0.2) is 0 Å². The molecule has 6 rings (SSSR count). The fourth-order valence-corrected chi connectivity index (χ4v) is 4.91. The van der Waals surface area contributed by atoms with Crippen molar-refractivity contribution in [3.05, 3.63) is 76.6 Å². The first-order valence-electron chi connectivity index (χ1n) is 11.4. The number of fused-ring (bicyclic) bond motifs is 4. The second-order valence-corrected chi connectivity index (χ2v) is 8.76. The number of hydrogen-bond donors (Lipinski definition) is 1. The van der Waals surface area contributed by atoms with Crippen molar-refractivity contribution in [3.63, 3.8) is 0 Å². The van der Waals surface area contributed by atoms with E-state index in [4.69, 9.17) is 15.7 Å². The molecule has 1 aromatic carbocycles. The SMILES string of the molecule is N#Cc1ccc(CN(C(=O)c2ccc3nc(N)c4c(c3c2)COC4)[C@@H]2CCCn3ncnc32)nc1. The molecule has 10 nitrogen and oxygen atoms in total. The van der Waals surface area contributed by atoms with Gasteiger partial charge < -0.3 is 15.4 Å². The summed E-state index contributed by atoms with van der Waals surface area (Å²) in [5, 5.41) is 14.3. The number of aromatic nitrogens is 5. The number of aryl methyl sites for hydroxylation is 1. The molecule has 2 N–H and O–H groups in total. The highest BCUT2D eigenvalue weighted by molar-refractivity contribution is 5.99. The average molecular weight is 467 g/mol. The van der Waals surface area contributed by atoms with Crippen LogP contribution in [0, 0.1) is 11.3 Å². The third-order valence-electron chi connectivity index (χ3n) is 6.69. The fourth-order valence-electron chi connectivity index (χ4n) is 4.91. The summed E-state index contributed by atoms with van der Waals surface area (Å²) in [6, 6.07) is 10.8. The van der Waals surface area contributed by atoms with Crippen LogP contribution < -0.4 is 5.73 Å². The van der Waals surface area contributed by atoms with Crippen LogP contribution in [0.4, 0.5) is 5.82 Å². The van der Waals surface area contributed by atoms with Crippen LogP contribution in [0.1, 0.15) is 57.5 Å². The first-order chi connectivity index (χ1) is 17.1. The van der Waals surface area contributed by atoms with Gasteiger partial charge >= 0.3 is 0 Å². The minimum atomic E-state index is -0.245. The highest BCUT2D eigenvalue weighted by atomic mass is 16.5. The van der Waals surface area contributed by atoms with E-state index in [1.165, 1.54) is 12.5 Å². The molecule has 2 aliphatic heterocycles. The zero-order valence-corrected chi connectivity index (χ0v) is 18.9. The molecule has 0 aliphatic carbocycles. The molecule has 174 valence electrons. The van der Waals surface area contributed by atoms with Gasteiger partial charge in [0, 0.05) is 29.3 Å². The highest BCUT2D eigenvalue weighted by Crippen LogP contribution is 2.34. The van der Waals surface area contributed by atoms with Crippen LogP contribution in [0.25, 0.3) is 10.9 Å². The van der Waals surface area contributed by atoms with Gasteiger partial charge in [-0.2, -0.15) is 10.4 Å². The summed E-state index contributed by atoms with van der Waals surface area (Å²) in [5.74, 6) is 1.10. The summed E-state index contributed by atoms with van der Waals surface area (Å²) in [5.41, 5.74) is 10.4. The van der Waals surface area contributed by atoms with E-state index in [9.17, 15) is 4.79 Å². The number of amides is 1.